The van der Waals surface area contributed by atoms with Gasteiger partial charge in [-0.05, 0) is 59.8 Å². The van der Waals surface area contributed by atoms with E-state index in [1.807, 2.05) is 12.1 Å². The van der Waals surface area contributed by atoms with E-state index in [2.05, 4.69) is 31.2 Å². The van der Waals surface area contributed by atoms with Gasteiger partial charge in [0.15, 0.2) is 0 Å². The molecule has 0 aliphatic heterocycles. The van der Waals surface area contributed by atoms with E-state index < -0.39 is 0 Å². The summed E-state index contributed by atoms with van der Waals surface area (Å²) >= 11 is 6.02. The Morgan fingerprint density at radius 2 is 1.74 bits per heavy atom. The monoisotopic (exact) mass is 270 g/mol. The standard InChI is InChI=1S/C18H19Cl/c1-2-3-15-16(11-6-8-14(19)9-7-11)18-13-5-4-12(10-13)17(15)18/h4-9,12-13,17-18H,2-3,10H2,1H3. The van der Waals surface area contributed by atoms with Crippen LogP contribution >= 0.6 is 11.6 Å². The quantitative estimate of drug-likeness (QED) is 0.650. The molecule has 0 radical (unpaired) electrons. The maximum atomic E-state index is 6.02. The number of hydrogen-bond donors (Lipinski definition) is 0. The predicted molar refractivity (Wildman–Crippen MR) is 81.0 cm³/mol. The van der Waals surface area contributed by atoms with Crippen LogP contribution in [0, 0.1) is 23.7 Å². The molecule has 0 aromatic heterocycles. The van der Waals surface area contributed by atoms with Gasteiger partial charge >= 0.3 is 0 Å². The van der Waals surface area contributed by atoms with Crippen LogP contribution in [0.2, 0.25) is 5.02 Å². The first-order valence-electron chi connectivity index (χ1n) is 7.46. The van der Waals surface area contributed by atoms with Crippen LogP contribution in [0.15, 0.2) is 42.0 Å². The number of benzene rings is 1. The zero-order valence-corrected chi connectivity index (χ0v) is 12.0. The lowest BCUT2D eigenvalue weighted by atomic mass is 9.60. The maximum Gasteiger partial charge on any atom is 0.0406 e. The zero-order valence-electron chi connectivity index (χ0n) is 11.3. The van der Waals surface area contributed by atoms with Crippen LogP contribution in [0.1, 0.15) is 31.7 Å². The molecule has 1 saturated carbocycles. The van der Waals surface area contributed by atoms with Gasteiger partial charge in [-0.1, -0.05) is 54.8 Å². The topological polar surface area (TPSA) is 0 Å². The summed E-state index contributed by atoms with van der Waals surface area (Å²) in [6, 6.07) is 8.48. The molecule has 19 heavy (non-hydrogen) atoms. The zero-order chi connectivity index (χ0) is 13.0. The van der Waals surface area contributed by atoms with Gasteiger partial charge < -0.3 is 0 Å². The molecule has 0 saturated heterocycles. The predicted octanol–water partition coefficient (Wildman–Crippen LogP) is 5.35. The highest BCUT2D eigenvalue weighted by molar-refractivity contribution is 6.30. The summed E-state index contributed by atoms with van der Waals surface area (Å²) in [4.78, 5) is 0. The van der Waals surface area contributed by atoms with Gasteiger partial charge in [-0.3, -0.25) is 0 Å². The first-order valence-corrected chi connectivity index (χ1v) is 7.84. The smallest absolute Gasteiger partial charge is 0.0406 e. The van der Waals surface area contributed by atoms with E-state index in [0.717, 1.165) is 28.7 Å². The first-order chi connectivity index (χ1) is 9.29. The van der Waals surface area contributed by atoms with Crippen molar-refractivity contribution >= 4 is 17.2 Å². The van der Waals surface area contributed by atoms with E-state index >= 15 is 0 Å². The summed E-state index contributed by atoms with van der Waals surface area (Å²) in [7, 11) is 0. The second kappa shape index (κ2) is 4.24. The molecule has 1 aromatic rings. The highest BCUT2D eigenvalue weighted by Gasteiger charge is 2.54. The van der Waals surface area contributed by atoms with Gasteiger partial charge in [0.1, 0.15) is 0 Å². The lowest BCUT2D eigenvalue weighted by molar-refractivity contribution is 0.376. The van der Waals surface area contributed by atoms with E-state index in [1.165, 1.54) is 24.8 Å². The van der Waals surface area contributed by atoms with E-state index in [0.29, 0.717) is 0 Å². The van der Waals surface area contributed by atoms with Gasteiger partial charge in [0.25, 0.3) is 0 Å². The van der Waals surface area contributed by atoms with E-state index in [9.17, 15) is 0 Å². The largest absolute Gasteiger partial charge is 0.0845 e. The van der Waals surface area contributed by atoms with Crippen LogP contribution in [0.4, 0.5) is 0 Å². The lowest BCUT2D eigenvalue weighted by Gasteiger charge is -2.44. The van der Waals surface area contributed by atoms with Gasteiger partial charge in [-0.25, -0.2) is 0 Å². The molecule has 3 aliphatic carbocycles. The molecule has 0 nitrogen and oxygen atoms in total. The molecule has 0 heterocycles. The molecule has 0 spiro atoms. The van der Waals surface area contributed by atoms with Gasteiger partial charge in [-0.2, -0.15) is 0 Å². The fourth-order valence-electron chi connectivity index (χ4n) is 4.57. The minimum Gasteiger partial charge on any atom is -0.0845 e. The molecule has 4 atom stereocenters. The van der Waals surface area contributed by atoms with Crippen LogP contribution in [0.3, 0.4) is 0 Å². The van der Waals surface area contributed by atoms with Gasteiger partial charge in [-0.15, -0.1) is 0 Å². The highest BCUT2D eigenvalue weighted by Crippen LogP contribution is 2.64. The van der Waals surface area contributed by atoms with Crippen LogP contribution < -0.4 is 0 Å². The summed E-state index contributed by atoms with van der Waals surface area (Å²) in [5.41, 5.74) is 4.81. The number of fused-ring (bicyclic) bond motifs is 5. The van der Waals surface area contributed by atoms with Crippen molar-refractivity contribution in [3.63, 3.8) is 0 Å². The molecular formula is C18H19Cl. The third-order valence-electron chi connectivity index (χ3n) is 5.22. The Labute approximate surface area is 120 Å². The van der Waals surface area contributed by atoms with Crippen molar-refractivity contribution in [2.24, 2.45) is 23.7 Å². The molecular weight excluding hydrogens is 252 g/mol. The normalized spacial score (nSPS) is 34.6. The Bertz CT molecular complexity index is 564. The van der Waals surface area contributed by atoms with Crippen molar-refractivity contribution in [1.82, 2.24) is 0 Å². The third-order valence-corrected chi connectivity index (χ3v) is 5.47. The Kier molecular flexibility index (Phi) is 2.63. The number of halogens is 1. The maximum absolute atomic E-state index is 6.02. The number of rotatable bonds is 3. The summed E-state index contributed by atoms with van der Waals surface area (Å²) in [6.07, 6.45) is 8.86. The lowest BCUT2D eigenvalue weighted by Crippen LogP contribution is -2.33. The second-order valence-corrected chi connectivity index (χ2v) is 6.63. The van der Waals surface area contributed by atoms with Crippen molar-refractivity contribution < 1.29 is 0 Å². The Balaban J connectivity index is 1.76. The average molecular weight is 271 g/mol. The Hall–Kier alpha value is -1.01. The Morgan fingerprint density at radius 3 is 2.42 bits per heavy atom. The SMILES string of the molecule is CCCC1=C(c2ccc(Cl)cc2)C2C3C=CC(C3)C12. The number of allylic oxidation sites excluding steroid dienone is 4. The van der Waals surface area contributed by atoms with E-state index in [-0.39, 0.29) is 0 Å². The van der Waals surface area contributed by atoms with Gasteiger partial charge in [0.05, 0.1) is 0 Å². The summed E-state index contributed by atoms with van der Waals surface area (Å²) < 4.78 is 0. The second-order valence-electron chi connectivity index (χ2n) is 6.20. The first kappa shape index (κ1) is 11.8. The molecule has 1 fully saturated rings. The van der Waals surface area contributed by atoms with Crippen molar-refractivity contribution in [2.45, 2.75) is 26.2 Å². The summed E-state index contributed by atoms with van der Waals surface area (Å²) in [5.74, 6) is 3.31. The van der Waals surface area contributed by atoms with Crippen molar-refractivity contribution in [2.75, 3.05) is 0 Å². The molecule has 98 valence electrons. The van der Waals surface area contributed by atoms with Crippen molar-refractivity contribution in [1.29, 1.82) is 0 Å². The fraction of sp³-hybridized carbons (Fsp3) is 0.444. The average Bonchev–Trinajstić information content (AvgIpc) is 2.96. The van der Waals surface area contributed by atoms with Crippen LogP contribution in [0.5, 0.6) is 0 Å². The molecule has 4 rings (SSSR count). The van der Waals surface area contributed by atoms with Crippen LogP contribution in [0.25, 0.3) is 5.57 Å². The minimum absolute atomic E-state index is 0.803. The van der Waals surface area contributed by atoms with E-state index in [1.54, 1.807) is 11.1 Å². The minimum atomic E-state index is 0.803. The van der Waals surface area contributed by atoms with E-state index in [4.69, 9.17) is 11.6 Å². The fourth-order valence-corrected chi connectivity index (χ4v) is 4.69. The summed E-state index contributed by atoms with van der Waals surface area (Å²) in [5, 5.41) is 0.838. The van der Waals surface area contributed by atoms with Crippen LogP contribution in [-0.2, 0) is 0 Å². The molecule has 4 unspecified atom stereocenters. The molecule has 2 bridgehead atoms. The van der Waals surface area contributed by atoms with Crippen LogP contribution in [-0.4, -0.2) is 0 Å². The van der Waals surface area contributed by atoms with Crippen molar-refractivity contribution in [3.8, 4) is 0 Å². The third kappa shape index (κ3) is 1.59. The highest BCUT2D eigenvalue weighted by atomic mass is 35.5. The van der Waals surface area contributed by atoms with Gasteiger partial charge in [0, 0.05) is 5.02 Å². The summed E-state index contributed by atoms with van der Waals surface area (Å²) in [6.45, 7) is 2.29. The molecule has 0 amide bonds. The van der Waals surface area contributed by atoms with Gasteiger partial charge in [0.2, 0.25) is 0 Å². The molecule has 0 N–H and O–H groups in total. The molecule has 1 aromatic carbocycles. The molecule has 3 aliphatic rings. The van der Waals surface area contributed by atoms with Crippen molar-refractivity contribution in [3.05, 3.63) is 52.6 Å². The Morgan fingerprint density at radius 1 is 1.05 bits per heavy atom. The molecule has 1 heteroatoms. The number of hydrogen-bond acceptors (Lipinski definition) is 0.